The molecule has 29 heavy (non-hydrogen) atoms. The Morgan fingerprint density at radius 1 is 1.24 bits per heavy atom. The quantitative estimate of drug-likeness (QED) is 0.499. The Hall–Kier alpha value is -2.22. The van der Waals surface area contributed by atoms with E-state index in [1.165, 1.54) is 18.2 Å². The Morgan fingerprint density at radius 3 is 2.90 bits per heavy atom. The summed E-state index contributed by atoms with van der Waals surface area (Å²) in [5.74, 6) is 3.17. The first-order valence-electron chi connectivity index (χ1n) is 10.1. The number of thioether (sulfide) groups is 1. The normalized spacial score (nSPS) is 23.4. The SMILES string of the molecule is CC1CCC(C(C)C)C(OC(=O)CSc2nnc(-c3ccc4c(c3)OCO4)o2)C1. The van der Waals surface area contributed by atoms with Crippen LogP contribution in [0.2, 0.25) is 0 Å². The van der Waals surface area contributed by atoms with E-state index in [2.05, 4.69) is 31.0 Å². The van der Waals surface area contributed by atoms with Crippen molar-refractivity contribution in [2.24, 2.45) is 17.8 Å². The van der Waals surface area contributed by atoms with Crippen molar-refractivity contribution in [3.8, 4) is 23.0 Å². The van der Waals surface area contributed by atoms with Crippen molar-refractivity contribution in [2.45, 2.75) is 51.4 Å². The zero-order chi connectivity index (χ0) is 20.4. The number of carbonyl (C=O) groups excluding carboxylic acids is 1. The van der Waals surface area contributed by atoms with Crippen LogP contribution in [0.1, 0.15) is 40.0 Å². The van der Waals surface area contributed by atoms with Gasteiger partial charge in [-0.2, -0.15) is 0 Å². The molecule has 1 saturated carbocycles. The average molecular weight is 419 g/mol. The number of ether oxygens (including phenoxy) is 3. The minimum atomic E-state index is -0.234. The molecule has 0 spiro atoms. The van der Waals surface area contributed by atoms with E-state index in [9.17, 15) is 4.79 Å². The zero-order valence-corrected chi connectivity index (χ0v) is 17.7. The number of hydrogen-bond acceptors (Lipinski definition) is 8. The molecule has 0 saturated heterocycles. The molecule has 3 atom stereocenters. The van der Waals surface area contributed by atoms with Crippen LogP contribution >= 0.6 is 11.8 Å². The van der Waals surface area contributed by atoms with Gasteiger partial charge in [0.05, 0.1) is 0 Å². The van der Waals surface area contributed by atoms with E-state index < -0.39 is 0 Å². The standard InChI is InChI=1S/C21H26N2O5S/c1-12(2)15-6-4-13(3)8-17(15)27-19(24)10-29-21-23-22-20(28-21)14-5-7-16-18(9-14)26-11-25-16/h5,7,9,12-13,15,17H,4,6,8,10-11H2,1-3H3. The zero-order valence-electron chi connectivity index (χ0n) is 16.9. The minimum Gasteiger partial charge on any atom is -0.461 e. The van der Waals surface area contributed by atoms with Crippen LogP contribution in [0.15, 0.2) is 27.8 Å². The molecule has 2 aromatic rings. The molecule has 1 aliphatic carbocycles. The summed E-state index contributed by atoms with van der Waals surface area (Å²) < 4.78 is 22.2. The van der Waals surface area contributed by atoms with Gasteiger partial charge in [0, 0.05) is 5.56 Å². The first-order chi connectivity index (χ1) is 14.0. The molecule has 1 fully saturated rings. The third-order valence-electron chi connectivity index (χ3n) is 5.58. The first kappa shape index (κ1) is 20.1. The van der Waals surface area contributed by atoms with Crippen LogP contribution in [-0.2, 0) is 9.53 Å². The third-order valence-corrected chi connectivity index (χ3v) is 6.38. The molecule has 156 valence electrons. The summed E-state index contributed by atoms with van der Waals surface area (Å²) >= 11 is 1.20. The molecule has 2 heterocycles. The lowest BCUT2D eigenvalue weighted by Crippen LogP contribution is -2.36. The molecule has 8 heteroatoms. The number of nitrogens with zero attached hydrogens (tertiary/aromatic N) is 2. The summed E-state index contributed by atoms with van der Waals surface area (Å²) in [4.78, 5) is 12.4. The maximum absolute atomic E-state index is 12.4. The molecule has 4 rings (SSSR count). The topological polar surface area (TPSA) is 83.7 Å². The fourth-order valence-corrected chi connectivity index (χ4v) is 4.53. The Bertz CT molecular complexity index is 869. The lowest BCUT2D eigenvalue weighted by molar-refractivity contribution is -0.152. The molecule has 0 bridgehead atoms. The van der Waals surface area contributed by atoms with Gasteiger partial charge in [0.15, 0.2) is 11.5 Å². The highest BCUT2D eigenvalue weighted by Gasteiger charge is 2.33. The largest absolute Gasteiger partial charge is 0.461 e. The molecule has 0 N–H and O–H groups in total. The van der Waals surface area contributed by atoms with Crippen LogP contribution in [0.3, 0.4) is 0 Å². The number of carbonyl (C=O) groups is 1. The fourth-order valence-electron chi connectivity index (χ4n) is 3.99. The molecule has 3 unspecified atom stereocenters. The van der Waals surface area contributed by atoms with Crippen molar-refractivity contribution in [3.63, 3.8) is 0 Å². The summed E-state index contributed by atoms with van der Waals surface area (Å²) in [7, 11) is 0. The summed E-state index contributed by atoms with van der Waals surface area (Å²) in [6.07, 6.45) is 3.26. The van der Waals surface area contributed by atoms with Crippen LogP contribution in [-0.4, -0.2) is 34.8 Å². The van der Waals surface area contributed by atoms with E-state index in [4.69, 9.17) is 18.6 Å². The lowest BCUT2D eigenvalue weighted by atomic mass is 9.75. The van der Waals surface area contributed by atoms with Gasteiger partial charge in [-0.05, 0) is 48.8 Å². The second-order valence-corrected chi connectivity index (χ2v) is 9.01. The second kappa shape index (κ2) is 8.65. The smallest absolute Gasteiger partial charge is 0.316 e. The van der Waals surface area contributed by atoms with Crippen molar-refractivity contribution >= 4 is 17.7 Å². The first-order valence-corrected chi connectivity index (χ1v) is 11.0. The van der Waals surface area contributed by atoms with Gasteiger partial charge in [-0.25, -0.2) is 0 Å². The summed E-state index contributed by atoms with van der Waals surface area (Å²) in [5.41, 5.74) is 0.743. The Labute approximate surface area is 174 Å². The highest BCUT2D eigenvalue weighted by Crippen LogP contribution is 2.37. The summed E-state index contributed by atoms with van der Waals surface area (Å²) in [6, 6.07) is 5.44. The lowest BCUT2D eigenvalue weighted by Gasteiger charge is -2.36. The van der Waals surface area contributed by atoms with Gasteiger partial charge in [0.25, 0.3) is 5.22 Å². The van der Waals surface area contributed by atoms with E-state index >= 15 is 0 Å². The van der Waals surface area contributed by atoms with Gasteiger partial charge in [-0.1, -0.05) is 39.0 Å². The molecule has 0 amide bonds. The van der Waals surface area contributed by atoms with Gasteiger partial charge < -0.3 is 18.6 Å². The molecule has 0 radical (unpaired) electrons. The summed E-state index contributed by atoms with van der Waals surface area (Å²) in [5, 5.41) is 8.43. The van der Waals surface area contributed by atoms with Gasteiger partial charge >= 0.3 is 5.97 Å². The highest BCUT2D eigenvalue weighted by atomic mass is 32.2. The molecule has 1 aromatic heterocycles. The van der Waals surface area contributed by atoms with Gasteiger partial charge in [0.1, 0.15) is 11.9 Å². The highest BCUT2D eigenvalue weighted by molar-refractivity contribution is 7.99. The second-order valence-electron chi connectivity index (χ2n) is 8.08. The third kappa shape index (κ3) is 4.69. The number of aromatic nitrogens is 2. The number of rotatable bonds is 6. The predicted molar refractivity (Wildman–Crippen MR) is 108 cm³/mol. The van der Waals surface area contributed by atoms with E-state index in [0.29, 0.717) is 40.4 Å². The monoisotopic (exact) mass is 418 g/mol. The van der Waals surface area contributed by atoms with E-state index in [1.807, 2.05) is 12.1 Å². The molecule has 1 aliphatic heterocycles. The van der Waals surface area contributed by atoms with Gasteiger partial charge in [0.2, 0.25) is 12.7 Å². The average Bonchev–Trinajstić information content (AvgIpc) is 3.35. The molecule has 7 nitrogen and oxygen atoms in total. The van der Waals surface area contributed by atoms with Gasteiger partial charge in [-0.3, -0.25) is 4.79 Å². The van der Waals surface area contributed by atoms with E-state index in [-0.39, 0.29) is 24.6 Å². The van der Waals surface area contributed by atoms with Crippen LogP contribution < -0.4 is 9.47 Å². The van der Waals surface area contributed by atoms with Gasteiger partial charge in [-0.15, -0.1) is 10.2 Å². The van der Waals surface area contributed by atoms with E-state index in [1.54, 1.807) is 6.07 Å². The van der Waals surface area contributed by atoms with Crippen molar-refractivity contribution in [3.05, 3.63) is 18.2 Å². The Balaban J connectivity index is 1.33. The van der Waals surface area contributed by atoms with Crippen molar-refractivity contribution in [1.29, 1.82) is 0 Å². The Morgan fingerprint density at radius 2 is 2.07 bits per heavy atom. The van der Waals surface area contributed by atoms with Crippen LogP contribution in [0.25, 0.3) is 11.5 Å². The van der Waals surface area contributed by atoms with Crippen LogP contribution in [0, 0.1) is 17.8 Å². The van der Waals surface area contributed by atoms with Crippen molar-refractivity contribution in [2.75, 3.05) is 12.5 Å². The number of fused-ring (bicyclic) bond motifs is 1. The predicted octanol–water partition coefficient (Wildman–Crippen LogP) is 4.56. The van der Waals surface area contributed by atoms with Crippen LogP contribution in [0.4, 0.5) is 0 Å². The Kier molecular flexibility index (Phi) is 5.99. The van der Waals surface area contributed by atoms with Crippen molar-refractivity contribution < 1.29 is 23.4 Å². The fraction of sp³-hybridized carbons (Fsp3) is 0.571. The number of esters is 1. The van der Waals surface area contributed by atoms with E-state index in [0.717, 1.165) is 18.4 Å². The molecular weight excluding hydrogens is 392 g/mol. The maximum Gasteiger partial charge on any atom is 0.316 e. The maximum atomic E-state index is 12.4. The molecule has 1 aromatic carbocycles. The molecule has 2 aliphatic rings. The number of hydrogen-bond donors (Lipinski definition) is 0. The van der Waals surface area contributed by atoms with Crippen molar-refractivity contribution in [1.82, 2.24) is 10.2 Å². The minimum absolute atomic E-state index is 0.00118. The molecular formula is C21H26N2O5S. The van der Waals surface area contributed by atoms with Crippen LogP contribution in [0.5, 0.6) is 11.5 Å². The summed E-state index contributed by atoms with van der Waals surface area (Å²) in [6.45, 7) is 6.84. The number of benzene rings is 1.